The molecule has 0 N–H and O–H groups in total. The van der Waals surface area contributed by atoms with Crippen LogP contribution in [0.1, 0.15) is 22.7 Å². The molecule has 150 valence electrons. The van der Waals surface area contributed by atoms with Crippen LogP contribution in [-0.4, -0.2) is 31.7 Å². The molecule has 0 unspecified atom stereocenters. The SMILES string of the molecule is O=C(OCc1ncc(-c2ccc(Cl)cc2)o1)c1cccc(N2CCCS2(=O)=O)c1. The van der Waals surface area contributed by atoms with E-state index in [9.17, 15) is 13.2 Å². The third kappa shape index (κ3) is 4.28. The summed E-state index contributed by atoms with van der Waals surface area (Å²) in [7, 11) is -3.32. The summed E-state index contributed by atoms with van der Waals surface area (Å²) in [5, 5.41) is 0.617. The van der Waals surface area contributed by atoms with Gasteiger partial charge in [0, 0.05) is 17.1 Å². The molecule has 1 fully saturated rings. The number of hydrogen-bond donors (Lipinski definition) is 0. The summed E-state index contributed by atoms with van der Waals surface area (Å²) in [6.45, 7) is 0.267. The van der Waals surface area contributed by atoms with E-state index in [0.29, 0.717) is 29.4 Å². The maximum atomic E-state index is 12.4. The van der Waals surface area contributed by atoms with Gasteiger partial charge in [0.2, 0.25) is 15.9 Å². The predicted octanol–water partition coefficient (Wildman–Crippen LogP) is 3.89. The van der Waals surface area contributed by atoms with E-state index >= 15 is 0 Å². The molecule has 3 aromatic rings. The Hall–Kier alpha value is -2.84. The fourth-order valence-electron chi connectivity index (χ4n) is 3.05. The van der Waals surface area contributed by atoms with Crippen LogP contribution in [0, 0.1) is 0 Å². The number of rotatable bonds is 5. The normalized spacial score (nSPS) is 15.4. The molecule has 0 amide bonds. The highest BCUT2D eigenvalue weighted by Gasteiger charge is 2.28. The van der Waals surface area contributed by atoms with Gasteiger partial charge in [0.05, 0.1) is 23.2 Å². The lowest BCUT2D eigenvalue weighted by atomic mass is 10.2. The maximum absolute atomic E-state index is 12.4. The Morgan fingerprint density at radius 1 is 1.21 bits per heavy atom. The topological polar surface area (TPSA) is 89.7 Å². The van der Waals surface area contributed by atoms with Gasteiger partial charge in [-0.05, 0) is 48.9 Å². The van der Waals surface area contributed by atoms with Crippen molar-refractivity contribution >= 4 is 33.3 Å². The molecule has 0 radical (unpaired) electrons. The van der Waals surface area contributed by atoms with Crippen LogP contribution in [0.15, 0.2) is 59.1 Å². The van der Waals surface area contributed by atoms with Gasteiger partial charge < -0.3 is 9.15 Å². The van der Waals surface area contributed by atoms with Crippen molar-refractivity contribution in [1.82, 2.24) is 4.98 Å². The highest BCUT2D eigenvalue weighted by Crippen LogP contribution is 2.26. The first-order valence-corrected chi connectivity index (χ1v) is 10.9. The summed E-state index contributed by atoms with van der Waals surface area (Å²) in [4.78, 5) is 16.5. The van der Waals surface area contributed by atoms with E-state index in [1.807, 2.05) is 0 Å². The van der Waals surface area contributed by atoms with Gasteiger partial charge in [0.1, 0.15) is 0 Å². The minimum Gasteiger partial charge on any atom is -0.452 e. The minimum absolute atomic E-state index is 0.113. The molecule has 0 aliphatic carbocycles. The van der Waals surface area contributed by atoms with Crippen molar-refractivity contribution in [2.75, 3.05) is 16.6 Å². The van der Waals surface area contributed by atoms with Crippen LogP contribution in [0.5, 0.6) is 0 Å². The standard InChI is InChI=1S/C20H17ClN2O5S/c21-16-7-5-14(6-8-16)18-12-22-19(28-18)13-27-20(24)15-3-1-4-17(11-15)23-9-2-10-29(23,25)26/h1,3-8,11-12H,2,9-10,13H2. The Bertz CT molecular complexity index is 1140. The monoisotopic (exact) mass is 432 g/mol. The predicted molar refractivity (Wildman–Crippen MR) is 108 cm³/mol. The van der Waals surface area contributed by atoms with Crippen LogP contribution in [-0.2, 0) is 21.4 Å². The lowest BCUT2D eigenvalue weighted by Gasteiger charge is -2.17. The van der Waals surface area contributed by atoms with Gasteiger partial charge >= 0.3 is 5.97 Å². The molecule has 4 rings (SSSR count). The Morgan fingerprint density at radius 2 is 2.00 bits per heavy atom. The van der Waals surface area contributed by atoms with E-state index in [2.05, 4.69) is 4.98 Å². The van der Waals surface area contributed by atoms with Crippen LogP contribution < -0.4 is 4.31 Å². The fourth-order valence-corrected chi connectivity index (χ4v) is 4.74. The summed E-state index contributed by atoms with van der Waals surface area (Å²) in [6, 6.07) is 13.5. The first-order chi connectivity index (χ1) is 13.9. The van der Waals surface area contributed by atoms with Gasteiger partial charge in [-0.3, -0.25) is 4.31 Å². The molecular formula is C20H17ClN2O5S. The number of esters is 1. The van der Waals surface area contributed by atoms with E-state index in [1.165, 1.54) is 10.4 Å². The van der Waals surface area contributed by atoms with Crippen LogP contribution in [0.3, 0.4) is 0 Å². The van der Waals surface area contributed by atoms with Gasteiger partial charge in [-0.15, -0.1) is 0 Å². The number of benzene rings is 2. The van der Waals surface area contributed by atoms with Gasteiger partial charge in [-0.25, -0.2) is 18.2 Å². The molecule has 7 nitrogen and oxygen atoms in total. The second kappa shape index (κ2) is 7.88. The van der Waals surface area contributed by atoms with Crippen molar-refractivity contribution in [3.05, 3.63) is 71.2 Å². The summed E-state index contributed by atoms with van der Waals surface area (Å²) < 4.78 is 36.3. The Kier molecular flexibility index (Phi) is 5.29. The van der Waals surface area contributed by atoms with E-state index in [4.69, 9.17) is 20.8 Å². The van der Waals surface area contributed by atoms with Crippen LogP contribution >= 0.6 is 11.6 Å². The van der Waals surface area contributed by atoms with Gasteiger partial charge in [-0.1, -0.05) is 17.7 Å². The smallest absolute Gasteiger partial charge is 0.338 e. The van der Waals surface area contributed by atoms with E-state index in [1.54, 1.807) is 48.7 Å². The first kappa shape index (κ1) is 19.5. The first-order valence-electron chi connectivity index (χ1n) is 8.91. The van der Waals surface area contributed by atoms with Crippen molar-refractivity contribution in [3.63, 3.8) is 0 Å². The number of nitrogens with zero attached hydrogens (tertiary/aromatic N) is 2. The summed E-state index contributed by atoms with van der Waals surface area (Å²) in [5.41, 5.74) is 1.52. The number of sulfonamides is 1. The number of ether oxygens (including phenoxy) is 1. The minimum atomic E-state index is -3.32. The second-order valence-corrected chi connectivity index (χ2v) is 8.94. The molecule has 2 aromatic carbocycles. The highest BCUT2D eigenvalue weighted by molar-refractivity contribution is 7.93. The van der Waals surface area contributed by atoms with E-state index < -0.39 is 16.0 Å². The number of aromatic nitrogens is 1. The molecule has 0 bridgehead atoms. The molecule has 1 aromatic heterocycles. The van der Waals surface area contributed by atoms with Crippen molar-refractivity contribution in [2.24, 2.45) is 0 Å². The van der Waals surface area contributed by atoms with Crippen molar-refractivity contribution in [3.8, 4) is 11.3 Å². The quantitative estimate of drug-likeness (QED) is 0.568. The average Bonchev–Trinajstić information content (AvgIpc) is 3.32. The summed E-state index contributed by atoms with van der Waals surface area (Å²) >= 11 is 5.88. The van der Waals surface area contributed by atoms with Crippen molar-refractivity contribution < 1.29 is 22.4 Å². The van der Waals surface area contributed by atoms with Crippen molar-refractivity contribution in [2.45, 2.75) is 13.0 Å². The second-order valence-electron chi connectivity index (χ2n) is 6.49. The number of halogens is 1. The molecular weight excluding hydrogens is 416 g/mol. The van der Waals surface area contributed by atoms with Gasteiger partial charge in [0.15, 0.2) is 12.4 Å². The lowest BCUT2D eigenvalue weighted by molar-refractivity contribution is 0.0439. The molecule has 2 heterocycles. The zero-order chi connectivity index (χ0) is 20.4. The zero-order valence-corrected chi connectivity index (χ0v) is 16.8. The highest BCUT2D eigenvalue weighted by atomic mass is 35.5. The van der Waals surface area contributed by atoms with Crippen LogP contribution in [0.4, 0.5) is 5.69 Å². The molecule has 0 atom stereocenters. The number of oxazole rings is 1. The summed E-state index contributed by atoms with van der Waals surface area (Å²) in [5.74, 6) is 0.312. The van der Waals surface area contributed by atoms with Gasteiger partial charge in [-0.2, -0.15) is 0 Å². The largest absolute Gasteiger partial charge is 0.452 e. The zero-order valence-electron chi connectivity index (χ0n) is 15.2. The van der Waals surface area contributed by atoms with E-state index in [0.717, 1.165) is 5.56 Å². The van der Waals surface area contributed by atoms with Crippen LogP contribution in [0.25, 0.3) is 11.3 Å². The Labute approximate surface area is 172 Å². The maximum Gasteiger partial charge on any atom is 0.338 e. The summed E-state index contributed by atoms with van der Waals surface area (Å²) in [6.07, 6.45) is 2.11. The third-order valence-electron chi connectivity index (χ3n) is 4.48. The molecule has 1 aliphatic heterocycles. The number of carbonyl (C=O) groups is 1. The lowest BCUT2D eigenvalue weighted by Crippen LogP contribution is -2.25. The number of hydrogen-bond acceptors (Lipinski definition) is 6. The Morgan fingerprint density at radius 3 is 2.72 bits per heavy atom. The Balaban J connectivity index is 1.43. The number of carbonyl (C=O) groups excluding carboxylic acids is 1. The third-order valence-corrected chi connectivity index (χ3v) is 6.60. The molecule has 0 spiro atoms. The fraction of sp³-hybridized carbons (Fsp3) is 0.200. The van der Waals surface area contributed by atoms with Crippen LogP contribution in [0.2, 0.25) is 5.02 Å². The van der Waals surface area contributed by atoms with E-state index in [-0.39, 0.29) is 23.8 Å². The molecule has 9 heteroatoms. The molecule has 29 heavy (non-hydrogen) atoms. The average molecular weight is 433 g/mol. The molecule has 0 saturated carbocycles. The molecule has 1 aliphatic rings. The van der Waals surface area contributed by atoms with Crippen molar-refractivity contribution in [1.29, 1.82) is 0 Å². The van der Waals surface area contributed by atoms with Gasteiger partial charge in [0.25, 0.3) is 0 Å². The number of anilines is 1. The molecule has 1 saturated heterocycles.